The SMILES string of the molecule is COc1ccc(C=O)c2c3c(sc12)CN(C(=O)O)CC3. The Morgan fingerprint density at radius 1 is 1.50 bits per heavy atom. The van der Waals surface area contributed by atoms with E-state index in [2.05, 4.69) is 0 Å². The van der Waals surface area contributed by atoms with Crippen molar-refractivity contribution in [3.63, 3.8) is 0 Å². The highest BCUT2D eigenvalue weighted by molar-refractivity contribution is 7.19. The number of aldehydes is 1. The van der Waals surface area contributed by atoms with Crippen LogP contribution >= 0.6 is 11.3 Å². The fourth-order valence-corrected chi connectivity index (χ4v) is 4.02. The largest absolute Gasteiger partial charge is 0.495 e. The van der Waals surface area contributed by atoms with Gasteiger partial charge in [0.15, 0.2) is 6.29 Å². The van der Waals surface area contributed by atoms with E-state index in [1.165, 1.54) is 16.2 Å². The average Bonchev–Trinajstić information content (AvgIpc) is 2.84. The molecule has 1 amide bonds. The van der Waals surface area contributed by atoms with Gasteiger partial charge >= 0.3 is 6.09 Å². The van der Waals surface area contributed by atoms with Crippen LogP contribution in [0.4, 0.5) is 4.79 Å². The predicted octanol–water partition coefficient (Wildman–Crippen LogP) is 2.76. The van der Waals surface area contributed by atoms with Crippen LogP contribution in [0.3, 0.4) is 0 Å². The molecule has 1 aliphatic rings. The molecule has 0 spiro atoms. The summed E-state index contributed by atoms with van der Waals surface area (Å²) in [6, 6.07) is 3.54. The van der Waals surface area contributed by atoms with Gasteiger partial charge in [-0.2, -0.15) is 0 Å². The first-order valence-electron chi connectivity index (χ1n) is 6.20. The standard InChI is InChI=1S/C14H13NO4S/c1-19-10-3-2-8(7-16)12-9-4-5-15(14(17)18)6-11(9)20-13(10)12/h2-3,7H,4-6H2,1H3,(H,17,18). The lowest BCUT2D eigenvalue weighted by Gasteiger charge is -2.24. The maximum absolute atomic E-state index is 11.2. The molecule has 2 heterocycles. The minimum Gasteiger partial charge on any atom is -0.495 e. The minimum atomic E-state index is -0.907. The van der Waals surface area contributed by atoms with Crippen molar-refractivity contribution in [3.05, 3.63) is 28.1 Å². The van der Waals surface area contributed by atoms with E-state index >= 15 is 0 Å². The number of fused-ring (bicyclic) bond motifs is 3. The van der Waals surface area contributed by atoms with E-state index in [1.54, 1.807) is 19.2 Å². The first-order valence-corrected chi connectivity index (χ1v) is 7.01. The van der Waals surface area contributed by atoms with Crippen LogP contribution in [0.25, 0.3) is 10.1 Å². The summed E-state index contributed by atoms with van der Waals surface area (Å²) < 4.78 is 6.27. The van der Waals surface area contributed by atoms with Crippen molar-refractivity contribution >= 4 is 33.8 Å². The third-order valence-corrected chi connectivity index (χ3v) is 4.83. The van der Waals surface area contributed by atoms with E-state index in [9.17, 15) is 9.59 Å². The van der Waals surface area contributed by atoms with Gasteiger partial charge in [0.1, 0.15) is 5.75 Å². The van der Waals surface area contributed by atoms with Crippen molar-refractivity contribution in [3.8, 4) is 5.75 Å². The predicted molar refractivity (Wildman–Crippen MR) is 75.9 cm³/mol. The highest BCUT2D eigenvalue weighted by Gasteiger charge is 2.26. The van der Waals surface area contributed by atoms with Gasteiger partial charge in [-0.3, -0.25) is 4.79 Å². The zero-order chi connectivity index (χ0) is 14.3. The number of hydrogen-bond donors (Lipinski definition) is 1. The molecular weight excluding hydrogens is 278 g/mol. The number of rotatable bonds is 2. The maximum Gasteiger partial charge on any atom is 0.407 e. The second-order valence-corrected chi connectivity index (χ2v) is 5.74. The van der Waals surface area contributed by atoms with E-state index < -0.39 is 6.09 Å². The number of nitrogens with zero attached hydrogens (tertiary/aromatic N) is 1. The Kier molecular flexibility index (Phi) is 3.10. The lowest BCUT2D eigenvalue weighted by Crippen LogP contribution is -2.34. The van der Waals surface area contributed by atoms with Gasteiger partial charge in [-0.25, -0.2) is 4.79 Å². The van der Waals surface area contributed by atoms with E-state index in [0.29, 0.717) is 25.1 Å². The number of benzene rings is 1. The molecule has 0 unspecified atom stereocenters. The van der Waals surface area contributed by atoms with Crippen molar-refractivity contribution in [2.45, 2.75) is 13.0 Å². The summed E-state index contributed by atoms with van der Waals surface area (Å²) in [4.78, 5) is 24.7. The van der Waals surface area contributed by atoms with Crippen molar-refractivity contribution in [1.29, 1.82) is 0 Å². The number of ether oxygens (including phenoxy) is 1. The second kappa shape index (κ2) is 4.79. The Bertz CT molecular complexity index is 707. The van der Waals surface area contributed by atoms with Crippen molar-refractivity contribution < 1.29 is 19.4 Å². The zero-order valence-corrected chi connectivity index (χ0v) is 11.7. The molecule has 2 aromatic rings. The quantitative estimate of drug-likeness (QED) is 0.864. The molecule has 20 heavy (non-hydrogen) atoms. The molecule has 0 aliphatic carbocycles. The summed E-state index contributed by atoms with van der Waals surface area (Å²) in [5, 5.41) is 10.0. The van der Waals surface area contributed by atoms with E-state index in [4.69, 9.17) is 9.84 Å². The molecule has 0 radical (unpaired) electrons. The maximum atomic E-state index is 11.2. The first kappa shape index (κ1) is 12.9. The Hall–Kier alpha value is -2.08. The molecule has 6 heteroatoms. The Morgan fingerprint density at radius 3 is 2.95 bits per heavy atom. The first-order chi connectivity index (χ1) is 9.65. The monoisotopic (exact) mass is 291 g/mol. The normalized spacial score (nSPS) is 14.2. The van der Waals surface area contributed by atoms with Crippen LogP contribution < -0.4 is 4.74 Å². The lowest BCUT2D eigenvalue weighted by atomic mass is 10.00. The highest BCUT2D eigenvalue weighted by Crippen LogP contribution is 2.41. The van der Waals surface area contributed by atoms with Crippen LogP contribution in [0.15, 0.2) is 12.1 Å². The van der Waals surface area contributed by atoms with Crippen LogP contribution in [0.1, 0.15) is 20.8 Å². The van der Waals surface area contributed by atoms with Crippen LogP contribution in [0, 0.1) is 0 Å². The molecule has 0 bridgehead atoms. The summed E-state index contributed by atoms with van der Waals surface area (Å²) in [5.41, 5.74) is 1.73. The minimum absolute atomic E-state index is 0.380. The zero-order valence-electron chi connectivity index (χ0n) is 10.9. The molecule has 5 nitrogen and oxygen atoms in total. The molecule has 0 saturated carbocycles. The molecule has 1 aliphatic heterocycles. The van der Waals surface area contributed by atoms with Gasteiger partial charge in [0.2, 0.25) is 0 Å². The van der Waals surface area contributed by atoms with E-state index in [1.807, 2.05) is 0 Å². The molecule has 1 N–H and O–H groups in total. The van der Waals surface area contributed by atoms with Crippen LogP contribution in [-0.4, -0.2) is 36.0 Å². The summed E-state index contributed by atoms with van der Waals surface area (Å²) in [6.45, 7) is 0.842. The number of methoxy groups -OCH3 is 1. The van der Waals surface area contributed by atoms with Crippen LogP contribution in [-0.2, 0) is 13.0 Å². The Balaban J connectivity index is 2.21. The smallest absolute Gasteiger partial charge is 0.407 e. The van der Waals surface area contributed by atoms with Gasteiger partial charge in [-0.1, -0.05) is 0 Å². The number of carbonyl (C=O) groups is 2. The van der Waals surface area contributed by atoms with Gasteiger partial charge in [0, 0.05) is 22.4 Å². The molecule has 3 rings (SSSR count). The fraction of sp³-hybridized carbons (Fsp3) is 0.286. The number of amides is 1. The second-order valence-electron chi connectivity index (χ2n) is 4.64. The highest BCUT2D eigenvalue weighted by atomic mass is 32.1. The molecule has 0 atom stereocenters. The molecule has 0 saturated heterocycles. The van der Waals surface area contributed by atoms with Gasteiger partial charge in [-0.05, 0) is 24.1 Å². The van der Waals surface area contributed by atoms with Crippen LogP contribution in [0.2, 0.25) is 0 Å². The third-order valence-electron chi connectivity index (χ3n) is 3.60. The van der Waals surface area contributed by atoms with E-state index in [-0.39, 0.29) is 0 Å². The summed E-state index contributed by atoms with van der Waals surface area (Å²) in [5.74, 6) is 0.729. The molecule has 1 aromatic carbocycles. The molecule has 1 aromatic heterocycles. The third kappa shape index (κ3) is 1.84. The number of thiophene rings is 1. The van der Waals surface area contributed by atoms with Gasteiger partial charge in [0.25, 0.3) is 0 Å². The van der Waals surface area contributed by atoms with Crippen LogP contribution in [0.5, 0.6) is 5.75 Å². The van der Waals surface area contributed by atoms with Gasteiger partial charge in [-0.15, -0.1) is 11.3 Å². The molecular formula is C14H13NO4S. The molecule has 0 fully saturated rings. The summed E-state index contributed by atoms with van der Waals surface area (Å²) in [7, 11) is 1.59. The van der Waals surface area contributed by atoms with Gasteiger partial charge < -0.3 is 14.7 Å². The lowest BCUT2D eigenvalue weighted by molar-refractivity contribution is 0.112. The summed E-state index contributed by atoms with van der Waals surface area (Å²) in [6.07, 6.45) is 0.573. The Labute approximate surface area is 119 Å². The summed E-state index contributed by atoms with van der Waals surface area (Å²) >= 11 is 1.51. The number of carboxylic acid groups (broad SMARTS) is 1. The van der Waals surface area contributed by atoms with Crippen molar-refractivity contribution in [1.82, 2.24) is 4.90 Å². The Morgan fingerprint density at radius 2 is 2.30 bits per heavy atom. The number of hydrogen-bond acceptors (Lipinski definition) is 4. The number of carbonyl (C=O) groups excluding carboxylic acids is 1. The average molecular weight is 291 g/mol. The fourth-order valence-electron chi connectivity index (χ4n) is 2.63. The molecule has 104 valence electrons. The van der Waals surface area contributed by atoms with E-state index in [0.717, 1.165) is 32.6 Å². The van der Waals surface area contributed by atoms with Crippen molar-refractivity contribution in [2.75, 3.05) is 13.7 Å². The topological polar surface area (TPSA) is 66.8 Å². The van der Waals surface area contributed by atoms with Gasteiger partial charge in [0.05, 0.1) is 18.4 Å². The van der Waals surface area contributed by atoms with Crippen molar-refractivity contribution in [2.24, 2.45) is 0 Å².